The highest BCUT2D eigenvalue weighted by Crippen LogP contribution is 2.36. The zero-order valence-electron chi connectivity index (χ0n) is 13.8. The van der Waals surface area contributed by atoms with Crippen molar-refractivity contribution in [1.29, 1.82) is 0 Å². The quantitative estimate of drug-likeness (QED) is 0.766. The van der Waals surface area contributed by atoms with E-state index in [1.54, 1.807) is 0 Å². The monoisotopic (exact) mass is 294 g/mol. The van der Waals surface area contributed by atoms with Crippen LogP contribution in [0.3, 0.4) is 0 Å². The number of unbranched alkanes of at least 4 members (excludes halogenated alkanes) is 2. The molecule has 2 rings (SSSR count). The molecule has 4 heteroatoms. The summed E-state index contributed by atoms with van der Waals surface area (Å²) in [5, 5.41) is 3.06. The number of carbonyl (C=O) groups excluding carboxylic acids is 2. The second-order valence-electron chi connectivity index (χ2n) is 6.76. The van der Waals surface area contributed by atoms with E-state index in [1.165, 1.54) is 12.8 Å². The first-order valence-electron chi connectivity index (χ1n) is 8.70. The lowest BCUT2D eigenvalue weighted by Crippen LogP contribution is -2.70. The predicted octanol–water partition coefficient (Wildman–Crippen LogP) is 3.01. The van der Waals surface area contributed by atoms with Gasteiger partial charge in [0.2, 0.25) is 11.8 Å². The zero-order chi connectivity index (χ0) is 15.5. The minimum absolute atomic E-state index is 0.0568. The average Bonchev–Trinajstić information content (AvgIpc) is 2.92. The standard InChI is InChI=1S/C17H30N2O2/c1-4-6-7-10-13(3)19-14(5-2)15(20)18-17(16(19)21)11-8-9-12-17/h13-14H,4-12H2,1-3H3,(H,18,20). The number of nitrogens with one attached hydrogen (secondary N) is 1. The van der Waals surface area contributed by atoms with Crippen LogP contribution in [0.4, 0.5) is 0 Å². The van der Waals surface area contributed by atoms with Crippen LogP contribution in [0, 0.1) is 0 Å². The van der Waals surface area contributed by atoms with Crippen LogP contribution in [0.1, 0.15) is 78.6 Å². The van der Waals surface area contributed by atoms with Crippen molar-refractivity contribution >= 4 is 11.8 Å². The highest BCUT2D eigenvalue weighted by atomic mass is 16.2. The summed E-state index contributed by atoms with van der Waals surface area (Å²) in [4.78, 5) is 27.4. The first kappa shape index (κ1) is 16.3. The Hall–Kier alpha value is -1.06. The molecular weight excluding hydrogens is 264 g/mol. The molecule has 1 aliphatic heterocycles. The number of piperazine rings is 1. The summed E-state index contributed by atoms with van der Waals surface area (Å²) in [6.45, 7) is 6.29. The van der Waals surface area contributed by atoms with Crippen LogP contribution in [-0.2, 0) is 9.59 Å². The molecule has 4 nitrogen and oxygen atoms in total. The number of amides is 2. The topological polar surface area (TPSA) is 49.4 Å². The van der Waals surface area contributed by atoms with Gasteiger partial charge in [-0.15, -0.1) is 0 Å². The first-order valence-corrected chi connectivity index (χ1v) is 8.70. The fourth-order valence-electron chi connectivity index (χ4n) is 3.92. The maximum absolute atomic E-state index is 13.0. The summed E-state index contributed by atoms with van der Waals surface area (Å²) < 4.78 is 0. The van der Waals surface area contributed by atoms with Gasteiger partial charge >= 0.3 is 0 Å². The molecule has 2 aliphatic rings. The number of hydrogen-bond acceptors (Lipinski definition) is 2. The van der Waals surface area contributed by atoms with E-state index in [9.17, 15) is 9.59 Å². The first-order chi connectivity index (χ1) is 10.1. The summed E-state index contributed by atoms with van der Waals surface area (Å²) in [6.07, 6.45) is 8.92. The average molecular weight is 294 g/mol. The number of rotatable bonds is 6. The highest BCUT2D eigenvalue weighted by molar-refractivity contribution is 6.00. The van der Waals surface area contributed by atoms with E-state index >= 15 is 0 Å². The van der Waals surface area contributed by atoms with Gasteiger partial charge in [-0.3, -0.25) is 9.59 Å². The molecule has 2 atom stereocenters. The molecule has 2 amide bonds. The van der Waals surface area contributed by atoms with Crippen LogP contribution in [0.15, 0.2) is 0 Å². The fourth-order valence-corrected chi connectivity index (χ4v) is 3.92. The van der Waals surface area contributed by atoms with Crippen LogP contribution in [0.25, 0.3) is 0 Å². The van der Waals surface area contributed by atoms with Crippen molar-refractivity contribution in [2.75, 3.05) is 0 Å². The largest absolute Gasteiger partial charge is 0.340 e. The summed E-state index contributed by atoms with van der Waals surface area (Å²) >= 11 is 0. The van der Waals surface area contributed by atoms with E-state index in [0.29, 0.717) is 6.42 Å². The van der Waals surface area contributed by atoms with Crippen molar-refractivity contribution in [1.82, 2.24) is 10.2 Å². The molecule has 1 N–H and O–H groups in total. The minimum Gasteiger partial charge on any atom is -0.340 e. The molecule has 0 bridgehead atoms. The van der Waals surface area contributed by atoms with E-state index in [-0.39, 0.29) is 23.9 Å². The van der Waals surface area contributed by atoms with Gasteiger partial charge in [0.1, 0.15) is 11.6 Å². The third-order valence-electron chi connectivity index (χ3n) is 5.19. The Morgan fingerprint density at radius 3 is 2.48 bits per heavy atom. The molecule has 1 saturated carbocycles. The van der Waals surface area contributed by atoms with Gasteiger partial charge in [-0.2, -0.15) is 0 Å². The molecule has 0 radical (unpaired) electrons. The molecule has 120 valence electrons. The third kappa shape index (κ3) is 3.09. The van der Waals surface area contributed by atoms with Crippen LogP contribution in [0.2, 0.25) is 0 Å². The minimum atomic E-state index is -0.582. The van der Waals surface area contributed by atoms with Crippen molar-refractivity contribution in [3.63, 3.8) is 0 Å². The van der Waals surface area contributed by atoms with Crippen molar-refractivity contribution < 1.29 is 9.59 Å². The molecule has 0 aromatic rings. The molecule has 1 spiro atoms. The highest BCUT2D eigenvalue weighted by Gasteiger charge is 2.52. The van der Waals surface area contributed by atoms with Crippen molar-refractivity contribution in [2.24, 2.45) is 0 Å². The van der Waals surface area contributed by atoms with Gasteiger partial charge in [0, 0.05) is 6.04 Å². The Kier molecular flexibility index (Phi) is 5.28. The Balaban J connectivity index is 2.16. The van der Waals surface area contributed by atoms with Crippen LogP contribution >= 0.6 is 0 Å². The van der Waals surface area contributed by atoms with Gasteiger partial charge < -0.3 is 10.2 Å². The smallest absolute Gasteiger partial charge is 0.249 e. The lowest BCUT2D eigenvalue weighted by Gasteiger charge is -2.47. The Labute approximate surface area is 128 Å². The predicted molar refractivity (Wildman–Crippen MR) is 83.9 cm³/mol. The molecular formula is C17H30N2O2. The Morgan fingerprint density at radius 2 is 1.90 bits per heavy atom. The summed E-state index contributed by atoms with van der Waals surface area (Å²) in [5.74, 6) is 0.233. The van der Waals surface area contributed by atoms with Gasteiger partial charge in [0.15, 0.2) is 0 Å². The maximum Gasteiger partial charge on any atom is 0.249 e. The Morgan fingerprint density at radius 1 is 1.24 bits per heavy atom. The molecule has 1 aliphatic carbocycles. The maximum atomic E-state index is 13.0. The van der Waals surface area contributed by atoms with Gasteiger partial charge in [-0.05, 0) is 32.6 Å². The molecule has 2 fully saturated rings. The van der Waals surface area contributed by atoms with Gasteiger partial charge in [0.05, 0.1) is 0 Å². The zero-order valence-corrected chi connectivity index (χ0v) is 13.8. The molecule has 2 unspecified atom stereocenters. The summed E-state index contributed by atoms with van der Waals surface area (Å²) in [7, 11) is 0. The van der Waals surface area contributed by atoms with Crippen molar-refractivity contribution in [3.05, 3.63) is 0 Å². The number of nitrogens with zero attached hydrogens (tertiary/aromatic N) is 1. The third-order valence-corrected chi connectivity index (χ3v) is 5.19. The van der Waals surface area contributed by atoms with Gasteiger partial charge in [-0.25, -0.2) is 0 Å². The van der Waals surface area contributed by atoms with Gasteiger partial charge in [-0.1, -0.05) is 46.0 Å². The molecule has 0 aromatic heterocycles. The Bertz CT molecular complexity index is 388. The van der Waals surface area contributed by atoms with Crippen molar-refractivity contribution in [2.45, 2.75) is 96.2 Å². The second-order valence-corrected chi connectivity index (χ2v) is 6.76. The van der Waals surface area contributed by atoms with E-state index in [2.05, 4.69) is 19.2 Å². The molecule has 21 heavy (non-hydrogen) atoms. The second kappa shape index (κ2) is 6.80. The van der Waals surface area contributed by atoms with E-state index in [4.69, 9.17) is 0 Å². The molecule has 0 aromatic carbocycles. The van der Waals surface area contributed by atoms with E-state index in [1.807, 2.05) is 11.8 Å². The molecule has 1 saturated heterocycles. The lowest BCUT2D eigenvalue weighted by molar-refractivity contribution is -0.157. The van der Waals surface area contributed by atoms with Crippen LogP contribution in [0.5, 0.6) is 0 Å². The van der Waals surface area contributed by atoms with Gasteiger partial charge in [0.25, 0.3) is 0 Å². The van der Waals surface area contributed by atoms with Crippen LogP contribution in [-0.4, -0.2) is 34.3 Å². The van der Waals surface area contributed by atoms with Crippen LogP contribution < -0.4 is 5.32 Å². The number of hydrogen-bond donors (Lipinski definition) is 1. The number of carbonyl (C=O) groups is 2. The molecule has 1 heterocycles. The summed E-state index contributed by atoms with van der Waals surface area (Å²) in [6, 6.07) is -0.113. The SMILES string of the molecule is CCCCCC(C)N1C(=O)C2(CCCC2)NC(=O)C1CC. The normalized spacial score (nSPS) is 26.2. The van der Waals surface area contributed by atoms with E-state index in [0.717, 1.165) is 38.5 Å². The van der Waals surface area contributed by atoms with Crippen molar-refractivity contribution in [3.8, 4) is 0 Å². The lowest BCUT2D eigenvalue weighted by atomic mass is 9.88. The summed E-state index contributed by atoms with van der Waals surface area (Å²) in [5.41, 5.74) is -0.582. The van der Waals surface area contributed by atoms with E-state index < -0.39 is 5.54 Å². The fraction of sp³-hybridized carbons (Fsp3) is 0.882.